The predicted octanol–water partition coefficient (Wildman–Crippen LogP) is 4.58. The van der Waals surface area contributed by atoms with E-state index in [1.165, 1.54) is 5.56 Å². The Hall–Kier alpha value is -2.14. The molecule has 2 aromatic carbocycles. The lowest BCUT2D eigenvalue weighted by Crippen LogP contribution is -2.24. The fraction of sp³-hybridized carbons (Fsp3) is 0.300. The lowest BCUT2D eigenvalue weighted by Gasteiger charge is -2.20. The largest absolute Gasteiger partial charge is 0.483 e. The number of hydrazone groups is 1. The van der Waals surface area contributed by atoms with Gasteiger partial charge in [-0.25, -0.2) is 5.43 Å². The summed E-state index contributed by atoms with van der Waals surface area (Å²) in [6.07, 6.45) is 1.59. The van der Waals surface area contributed by atoms with Gasteiger partial charge in [0.25, 0.3) is 5.91 Å². The van der Waals surface area contributed by atoms with Crippen LogP contribution in [0.2, 0.25) is 0 Å². The van der Waals surface area contributed by atoms with Gasteiger partial charge in [0.05, 0.1) is 6.21 Å². The number of carbonyl (C=O) groups is 1. The third-order valence-electron chi connectivity index (χ3n) is 3.67. The molecule has 0 aromatic heterocycles. The second kappa shape index (κ2) is 8.30. The van der Waals surface area contributed by atoms with E-state index in [9.17, 15) is 4.79 Å². The van der Waals surface area contributed by atoms with Crippen molar-refractivity contribution in [1.29, 1.82) is 0 Å². The van der Waals surface area contributed by atoms with Crippen LogP contribution >= 0.6 is 15.9 Å². The second-order valence-electron chi connectivity index (χ2n) is 6.86. The molecule has 0 unspecified atom stereocenters. The Morgan fingerprint density at radius 2 is 1.88 bits per heavy atom. The van der Waals surface area contributed by atoms with Gasteiger partial charge in [0, 0.05) is 4.47 Å². The fourth-order valence-corrected chi connectivity index (χ4v) is 2.45. The summed E-state index contributed by atoms with van der Waals surface area (Å²) >= 11 is 3.37. The Balaban J connectivity index is 1.86. The first-order chi connectivity index (χ1) is 11.8. The molecule has 2 rings (SSSR count). The van der Waals surface area contributed by atoms with Crippen molar-refractivity contribution in [2.24, 2.45) is 5.10 Å². The van der Waals surface area contributed by atoms with E-state index in [1.807, 2.05) is 43.3 Å². The molecule has 5 heteroatoms. The number of benzene rings is 2. The first-order valence-electron chi connectivity index (χ1n) is 8.07. The van der Waals surface area contributed by atoms with Crippen molar-refractivity contribution in [2.75, 3.05) is 6.61 Å². The first kappa shape index (κ1) is 19.2. The minimum atomic E-state index is -0.298. The molecular weight excluding hydrogens is 380 g/mol. The van der Waals surface area contributed by atoms with E-state index in [-0.39, 0.29) is 17.9 Å². The standard InChI is InChI=1S/C20H23BrN2O2/c1-14-11-16(20(2,3)4)7-10-18(14)25-13-19(24)23-22-12-15-5-8-17(21)9-6-15/h5-12H,13H2,1-4H3,(H,23,24)/b22-12+. The van der Waals surface area contributed by atoms with Crippen molar-refractivity contribution in [3.8, 4) is 5.75 Å². The maximum Gasteiger partial charge on any atom is 0.277 e. The SMILES string of the molecule is Cc1cc(C(C)(C)C)ccc1OCC(=O)N/N=C/c1ccc(Br)cc1. The van der Waals surface area contributed by atoms with E-state index in [0.717, 1.165) is 15.6 Å². The number of nitrogens with one attached hydrogen (secondary N) is 1. The molecule has 4 nitrogen and oxygen atoms in total. The minimum Gasteiger partial charge on any atom is -0.483 e. The Bertz CT molecular complexity index is 762. The van der Waals surface area contributed by atoms with Crippen LogP contribution in [0.3, 0.4) is 0 Å². The highest BCUT2D eigenvalue weighted by Gasteiger charge is 2.15. The smallest absolute Gasteiger partial charge is 0.277 e. The molecule has 0 radical (unpaired) electrons. The number of amides is 1. The zero-order chi connectivity index (χ0) is 18.4. The van der Waals surface area contributed by atoms with Crippen molar-refractivity contribution in [3.63, 3.8) is 0 Å². The lowest BCUT2D eigenvalue weighted by atomic mass is 9.86. The number of halogens is 1. The average Bonchev–Trinajstić information content (AvgIpc) is 2.54. The Labute approximate surface area is 157 Å². The van der Waals surface area contributed by atoms with Crippen LogP contribution in [0.15, 0.2) is 52.0 Å². The third-order valence-corrected chi connectivity index (χ3v) is 4.20. The number of aryl methyl sites for hydroxylation is 1. The first-order valence-corrected chi connectivity index (χ1v) is 8.86. The van der Waals surface area contributed by atoms with E-state index in [0.29, 0.717) is 5.75 Å². The summed E-state index contributed by atoms with van der Waals surface area (Å²) < 4.78 is 6.59. The molecule has 0 heterocycles. The van der Waals surface area contributed by atoms with Crippen molar-refractivity contribution in [1.82, 2.24) is 5.43 Å². The van der Waals surface area contributed by atoms with Gasteiger partial charge in [-0.3, -0.25) is 4.79 Å². The van der Waals surface area contributed by atoms with Gasteiger partial charge >= 0.3 is 0 Å². The number of rotatable bonds is 5. The summed E-state index contributed by atoms with van der Waals surface area (Å²) in [7, 11) is 0. The molecule has 0 saturated heterocycles. The number of ether oxygens (including phenoxy) is 1. The summed E-state index contributed by atoms with van der Waals surface area (Å²) in [6.45, 7) is 8.40. The molecule has 1 amide bonds. The second-order valence-corrected chi connectivity index (χ2v) is 7.78. The van der Waals surface area contributed by atoms with E-state index < -0.39 is 0 Å². The van der Waals surface area contributed by atoms with Crippen LogP contribution in [0.4, 0.5) is 0 Å². The fourth-order valence-electron chi connectivity index (χ4n) is 2.18. The van der Waals surface area contributed by atoms with Gasteiger partial charge in [0.2, 0.25) is 0 Å². The van der Waals surface area contributed by atoms with E-state index in [4.69, 9.17) is 4.74 Å². The van der Waals surface area contributed by atoms with E-state index >= 15 is 0 Å². The Morgan fingerprint density at radius 1 is 1.20 bits per heavy atom. The highest BCUT2D eigenvalue weighted by atomic mass is 79.9. The third kappa shape index (κ3) is 6.02. The number of hydrogen-bond donors (Lipinski definition) is 1. The summed E-state index contributed by atoms with van der Waals surface area (Å²) in [5.41, 5.74) is 5.70. The average molecular weight is 403 g/mol. The molecule has 132 valence electrons. The van der Waals surface area contributed by atoms with Crippen LogP contribution in [0.5, 0.6) is 5.75 Å². The van der Waals surface area contributed by atoms with Gasteiger partial charge < -0.3 is 4.74 Å². The molecule has 0 aliphatic carbocycles. The molecule has 0 aliphatic heterocycles. The molecule has 1 N–H and O–H groups in total. The van der Waals surface area contributed by atoms with Crippen LogP contribution in [0.25, 0.3) is 0 Å². The highest BCUT2D eigenvalue weighted by Crippen LogP contribution is 2.27. The molecule has 0 spiro atoms. The Kier molecular flexibility index (Phi) is 6.37. The van der Waals surface area contributed by atoms with Crippen LogP contribution < -0.4 is 10.2 Å². The zero-order valence-corrected chi connectivity index (χ0v) is 16.6. The van der Waals surface area contributed by atoms with Gasteiger partial charge in [-0.1, -0.05) is 61.0 Å². The van der Waals surface area contributed by atoms with Crippen LogP contribution in [0.1, 0.15) is 37.5 Å². The molecule has 0 saturated carbocycles. The monoisotopic (exact) mass is 402 g/mol. The van der Waals surface area contributed by atoms with Gasteiger partial charge in [0.1, 0.15) is 5.75 Å². The number of hydrogen-bond acceptors (Lipinski definition) is 3. The van der Waals surface area contributed by atoms with Gasteiger partial charge in [-0.05, 0) is 47.2 Å². The zero-order valence-electron chi connectivity index (χ0n) is 15.0. The van der Waals surface area contributed by atoms with Crippen LogP contribution in [-0.2, 0) is 10.2 Å². The molecule has 0 bridgehead atoms. The normalized spacial score (nSPS) is 11.6. The molecule has 0 aliphatic rings. The summed E-state index contributed by atoms with van der Waals surface area (Å²) in [5, 5.41) is 3.93. The predicted molar refractivity (Wildman–Crippen MR) is 105 cm³/mol. The van der Waals surface area contributed by atoms with Gasteiger partial charge in [0.15, 0.2) is 6.61 Å². The van der Waals surface area contributed by atoms with Crippen molar-refractivity contribution in [2.45, 2.75) is 33.1 Å². The number of nitrogens with zero attached hydrogens (tertiary/aromatic N) is 1. The highest BCUT2D eigenvalue weighted by molar-refractivity contribution is 9.10. The van der Waals surface area contributed by atoms with Gasteiger partial charge in [-0.15, -0.1) is 0 Å². The van der Waals surface area contributed by atoms with Crippen molar-refractivity contribution < 1.29 is 9.53 Å². The molecule has 0 atom stereocenters. The van der Waals surface area contributed by atoms with Crippen LogP contribution in [-0.4, -0.2) is 18.7 Å². The topological polar surface area (TPSA) is 50.7 Å². The van der Waals surface area contributed by atoms with Crippen molar-refractivity contribution in [3.05, 3.63) is 63.6 Å². The van der Waals surface area contributed by atoms with Crippen LogP contribution in [0, 0.1) is 6.92 Å². The van der Waals surface area contributed by atoms with Gasteiger partial charge in [-0.2, -0.15) is 5.10 Å². The van der Waals surface area contributed by atoms with Crippen molar-refractivity contribution >= 4 is 28.1 Å². The molecule has 0 fully saturated rings. The number of carbonyl (C=O) groups excluding carboxylic acids is 1. The van der Waals surface area contributed by atoms with E-state index in [2.05, 4.69) is 53.3 Å². The summed E-state index contributed by atoms with van der Waals surface area (Å²) in [5.74, 6) is 0.410. The molecule has 2 aromatic rings. The summed E-state index contributed by atoms with van der Waals surface area (Å²) in [6, 6.07) is 13.7. The quantitative estimate of drug-likeness (QED) is 0.587. The maximum absolute atomic E-state index is 11.8. The molecular formula is C20H23BrN2O2. The molecule has 25 heavy (non-hydrogen) atoms. The summed E-state index contributed by atoms with van der Waals surface area (Å²) in [4.78, 5) is 11.8. The lowest BCUT2D eigenvalue weighted by molar-refractivity contribution is -0.123. The van der Waals surface area contributed by atoms with E-state index in [1.54, 1.807) is 6.21 Å². The minimum absolute atomic E-state index is 0.0760. The Morgan fingerprint density at radius 3 is 2.48 bits per heavy atom. The maximum atomic E-state index is 11.8.